The summed E-state index contributed by atoms with van der Waals surface area (Å²) in [6.45, 7) is 8.74. The first-order valence-electron chi connectivity index (χ1n) is 6.65. The summed E-state index contributed by atoms with van der Waals surface area (Å²) in [4.78, 5) is 6.71. The van der Waals surface area contributed by atoms with Crippen molar-refractivity contribution in [2.45, 2.75) is 0 Å². The SMILES string of the molecule is C=C(CN1CCOCC1)c1cncc2ccccc12. The van der Waals surface area contributed by atoms with Crippen LogP contribution in [0.2, 0.25) is 0 Å². The van der Waals surface area contributed by atoms with Crippen molar-refractivity contribution in [3.63, 3.8) is 0 Å². The Bertz CT molecular complexity index is 583. The van der Waals surface area contributed by atoms with E-state index in [0.29, 0.717) is 0 Å². The molecule has 0 unspecified atom stereocenters. The van der Waals surface area contributed by atoms with E-state index in [1.54, 1.807) is 0 Å². The van der Waals surface area contributed by atoms with E-state index in [4.69, 9.17) is 4.74 Å². The zero-order valence-electron chi connectivity index (χ0n) is 11.0. The fraction of sp³-hybridized carbons (Fsp3) is 0.312. The lowest BCUT2D eigenvalue weighted by molar-refractivity contribution is 0.0444. The first kappa shape index (κ1) is 12.3. The van der Waals surface area contributed by atoms with Gasteiger partial charge >= 0.3 is 0 Å². The van der Waals surface area contributed by atoms with E-state index in [0.717, 1.165) is 44.0 Å². The summed E-state index contributed by atoms with van der Waals surface area (Å²) >= 11 is 0. The number of fused-ring (bicyclic) bond motifs is 1. The molecular weight excluding hydrogens is 236 g/mol. The van der Waals surface area contributed by atoms with Gasteiger partial charge in [0.15, 0.2) is 0 Å². The Labute approximate surface area is 113 Å². The topological polar surface area (TPSA) is 25.4 Å². The highest BCUT2D eigenvalue weighted by atomic mass is 16.5. The van der Waals surface area contributed by atoms with Crippen molar-refractivity contribution in [3.05, 3.63) is 48.8 Å². The number of hydrogen-bond donors (Lipinski definition) is 0. The standard InChI is InChI=1S/C16H18N2O/c1-13(12-18-6-8-19-9-7-18)16-11-17-10-14-4-2-3-5-15(14)16/h2-5,10-11H,1,6-9,12H2. The van der Waals surface area contributed by atoms with Crippen molar-refractivity contribution in [1.29, 1.82) is 0 Å². The van der Waals surface area contributed by atoms with Gasteiger partial charge in [-0.25, -0.2) is 0 Å². The third-order valence-corrected chi connectivity index (χ3v) is 3.57. The Morgan fingerprint density at radius 3 is 2.84 bits per heavy atom. The van der Waals surface area contributed by atoms with Gasteiger partial charge in [-0.15, -0.1) is 0 Å². The first-order chi connectivity index (χ1) is 9.34. The molecule has 98 valence electrons. The number of hydrogen-bond acceptors (Lipinski definition) is 3. The molecule has 0 atom stereocenters. The molecule has 2 heterocycles. The number of pyridine rings is 1. The molecule has 1 fully saturated rings. The van der Waals surface area contributed by atoms with Crippen LogP contribution in [-0.2, 0) is 4.74 Å². The highest BCUT2D eigenvalue weighted by molar-refractivity contribution is 5.92. The van der Waals surface area contributed by atoms with E-state index < -0.39 is 0 Å². The average molecular weight is 254 g/mol. The van der Waals surface area contributed by atoms with Gasteiger partial charge in [-0.2, -0.15) is 0 Å². The quantitative estimate of drug-likeness (QED) is 0.842. The molecule has 1 aromatic carbocycles. The van der Waals surface area contributed by atoms with Crippen LogP contribution in [0.5, 0.6) is 0 Å². The Hall–Kier alpha value is -1.71. The van der Waals surface area contributed by atoms with Gasteiger partial charge in [0.2, 0.25) is 0 Å². The lowest BCUT2D eigenvalue weighted by atomic mass is 10.0. The molecule has 0 bridgehead atoms. The van der Waals surface area contributed by atoms with Gasteiger partial charge in [0.25, 0.3) is 0 Å². The number of nitrogens with zero attached hydrogens (tertiary/aromatic N) is 2. The minimum Gasteiger partial charge on any atom is -0.379 e. The molecule has 1 aliphatic heterocycles. The predicted molar refractivity (Wildman–Crippen MR) is 78.0 cm³/mol. The highest BCUT2D eigenvalue weighted by Gasteiger charge is 2.13. The molecule has 1 aliphatic rings. The van der Waals surface area contributed by atoms with Crippen LogP contribution >= 0.6 is 0 Å². The van der Waals surface area contributed by atoms with E-state index in [1.807, 2.05) is 18.5 Å². The first-order valence-corrected chi connectivity index (χ1v) is 6.65. The van der Waals surface area contributed by atoms with Gasteiger partial charge in [0.05, 0.1) is 13.2 Å². The van der Waals surface area contributed by atoms with E-state index in [-0.39, 0.29) is 0 Å². The van der Waals surface area contributed by atoms with Gasteiger partial charge in [-0.05, 0) is 11.0 Å². The molecule has 3 rings (SSSR count). The Morgan fingerprint density at radius 1 is 1.21 bits per heavy atom. The normalized spacial score (nSPS) is 16.6. The van der Waals surface area contributed by atoms with E-state index >= 15 is 0 Å². The average Bonchev–Trinajstić information content (AvgIpc) is 2.47. The Morgan fingerprint density at radius 2 is 2.00 bits per heavy atom. The molecule has 0 amide bonds. The fourth-order valence-corrected chi connectivity index (χ4v) is 2.51. The Kier molecular flexibility index (Phi) is 3.58. The third-order valence-electron chi connectivity index (χ3n) is 3.57. The van der Waals surface area contributed by atoms with Crippen LogP contribution in [0.1, 0.15) is 5.56 Å². The summed E-state index contributed by atoms with van der Waals surface area (Å²) in [5, 5.41) is 2.40. The van der Waals surface area contributed by atoms with Gasteiger partial charge < -0.3 is 4.74 Å². The smallest absolute Gasteiger partial charge is 0.0594 e. The largest absolute Gasteiger partial charge is 0.379 e. The van der Waals surface area contributed by atoms with Crippen molar-refractivity contribution >= 4 is 16.3 Å². The minimum absolute atomic E-state index is 0.821. The summed E-state index contributed by atoms with van der Waals surface area (Å²) in [7, 11) is 0. The highest BCUT2D eigenvalue weighted by Crippen LogP contribution is 2.23. The molecule has 0 saturated carbocycles. The fourth-order valence-electron chi connectivity index (χ4n) is 2.51. The van der Waals surface area contributed by atoms with Crippen LogP contribution in [0.15, 0.2) is 43.2 Å². The molecule has 2 aromatic rings. The number of morpholine rings is 1. The zero-order valence-corrected chi connectivity index (χ0v) is 11.0. The molecule has 1 saturated heterocycles. The number of ether oxygens (including phenoxy) is 1. The van der Waals surface area contributed by atoms with Crippen LogP contribution in [-0.4, -0.2) is 42.7 Å². The summed E-state index contributed by atoms with van der Waals surface area (Å²) in [5.41, 5.74) is 2.29. The maximum Gasteiger partial charge on any atom is 0.0594 e. The van der Waals surface area contributed by atoms with Gasteiger partial charge in [0.1, 0.15) is 0 Å². The molecule has 19 heavy (non-hydrogen) atoms. The zero-order chi connectivity index (χ0) is 13.1. The lowest BCUT2D eigenvalue weighted by Crippen LogP contribution is -2.37. The monoisotopic (exact) mass is 254 g/mol. The summed E-state index contributed by atoms with van der Waals surface area (Å²) in [6, 6.07) is 8.33. The van der Waals surface area contributed by atoms with Crippen LogP contribution < -0.4 is 0 Å². The second-order valence-corrected chi connectivity index (χ2v) is 4.90. The molecule has 3 nitrogen and oxygen atoms in total. The van der Waals surface area contributed by atoms with E-state index in [1.165, 1.54) is 10.8 Å². The molecule has 0 radical (unpaired) electrons. The van der Waals surface area contributed by atoms with Gasteiger partial charge in [-0.3, -0.25) is 9.88 Å². The molecule has 0 N–H and O–H groups in total. The molecule has 0 spiro atoms. The second-order valence-electron chi connectivity index (χ2n) is 4.90. The third kappa shape index (κ3) is 2.67. The van der Waals surface area contributed by atoms with Crippen molar-refractivity contribution in [2.75, 3.05) is 32.8 Å². The number of benzene rings is 1. The predicted octanol–water partition coefficient (Wildman–Crippen LogP) is 2.58. The van der Waals surface area contributed by atoms with Crippen LogP contribution in [0.3, 0.4) is 0 Å². The van der Waals surface area contributed by atoms with Crippen LogP contribution in [0, 0.1) is 0 Å². The number of aromatic nitrogens is 1. The summed E-state index contributed by atoms with van der Waals surface area (Å²) < 4.78 is 5.37. The maximum atomic E-state index is 5.37. The maximum absolute atomic E-state index is 5.37. The van der Waals surface area contributed by atoms with E-state index in [2.05, 4.69) is 34.7 Å². The molecule has 3 heteroatoms. The summed E-state index contributed by atoms with van der Waals surface area (Å²) in [5.74, 6) is 0. The molecule has 1 aromatic heterocycles. The minimum atomic E-state index is 0.821. The second kappa shape index (κ2) is 5.51. The molecule has 0 aliphatic carbocycles. The molecular formula is C16H18N2O. The van der Waals surface area contributed by atoms with Crippen molar-refractivity contribution < 1.29 is 4.74 Å². The number of rotatable bonds is 3. The Balaban J connectivity index is 1.85. The van der Waals surface area contributed by atoms with Crippen molar-refractivity contribution in [3.8, 4) is 0 Å². The lowest BCUT2D eigenvalue weighted by Gasteiger charge is -2.27. The van der Waals surface area contributed by atoms with Crippen molar-refractivity contribution in [2.24, 2.45) is 0 Å². The van der Waals surface area contributed by atoms with E-state index in [9.17, 15) is 0 Å². The van der Waals surface area contributed by atoms with Crippen LogP contribution in [0.25, 0.3) is 16.3 Å². The van der Waals surface area contributed by atoms with Gasteiger partial charge in [0, 0.05) is 43.0 Å². The summed E-state index contributed by atoms with van der Waals surface area (Å²) in [6.07, 6.45) is 3.83. The van der Waals surface area contributed by atoms with Gasteiger partial charge in [-0.1, -0.05) is 30.8 Å². The van der Waals surface area contributed by atoms with Crippen LogP contribution in [0.4, 0.5) is 0 Å². The van der Waals surface area contributed by atoms with Crippen molar-refractivity contribution in [1.82, 2.24) is 9.88 Å².